The third-order valence-electron chi connectivity index (χ3n) is 6.63. The highest BCUT2D eigenvalue weighted by atomic mass is 16.5. The topological polar surface area (TPSA) is 76.1 Å². The first-order valence-electron chi connectivity index (χ1n) is 12.0. The van der Waals surface area contributed by atoms with Crippen LogP contribution in [0.1, 0.15) is 62.3 Å². The fourth-order valence-electron chi connectivity index (χ4n) is 4.92. The van der Waals surface area contributed by atoms with Gasteiger partial charge in [0.2, 0.25) is 0 Å². The van der Waals surface area contributed by atoms with Crippen molar-refractivity contribution in [3.8, 4) is 11.5 Å². The van der Waals surface area contributed by atoms with Gasteiger partial charge in [0, 0.05) is 11.6 Å². The maximum absolute atomic E-state index is 13.3. The lowest BCUT2D eigenvalue weighted by Gasteiger charge is -2.31. The van der Waals surface area contributed by atoms with Gasteiger partial charge in [0.15, 0.2) is 0 Å². The number of methoxy groups -OCH3 is 1. The van der Waals surface area contributed by atoms with Crippen molar-refractivity contribution < 1.29 is 24.2 Å². The number of rotatable bonds is 7. The molecule has 2 aliphatic rings. The van der Waals surface area contributed by atoms with Gasteiger partial charge in [-0.2, -0.15) is 0 Å². The SMILES string of the molecule is COc1cccc(C2/C(=C(/O)c3ccc(OCC(C)C)c(C)c3)C(=O)C(=O)N2C2CCCC2)c1. The molecule has 180 valence electrons. The van der Waals surface area contributed by atoms with E-state index in [1.165, 1.54) is 0 Å². The van der Waals surface area contributed by atoms with Crippen molar-refractivity contribution in [2.45, 2.75) is 58.5 Å². The number of aliphatic hydroxyl groups excluding tert-OH is 1. The zero-order valence-corrected chi connectivity index (χ0v) is 20.3. The smallest absolute Gasteiger partial charge is 0.295 e. The van der Waals surface area contributed by atoms with Crippen molar-refractivity contribution in [2.75, 3.05) is 13.7 Å². The third kappa shape index (κ3) is 4.54. The average Bonchev–Trinajstić information content (AvgIpc) is 3.44. The van der Waals surface area contributed by atoms with Crippen molar-refractivity contribution in [3.63, 3.8) is 0 Å². The number of carbonyl (C=O) groups excluding carboxylic acids is 2. The standard InChI is InChI=1S/C28H33NO5/c1-17(2)16-34-23-13-12-20(14-18(23)3)26(30)24-25(19-8-7-11-22(15-19)33-4)29(28(32)27(24)31)21-9-5-6-10-21/h7-8,11-15,17,21,25,30H,5-6,9-10,16H2,1-4H3/b26-24-. The number of benzene rings is 2. The fourth-order valence-corrected chi connectivity index (χ4v) is 4.92. The van der Waals surface area contributed by atoms with E-state index in [0.717, 1.165) is 42.6 Å². The van der Waals surface area contributed by atoms with Crippen LogP contribution in [-0.2, 0) is 9.59 Å². The quantitative estimate of drug-likeness (QED) is 0.338. The van der Waals surface area contributed by atoms with Gasteiger partial charge in [-0.3, -0.25) is 9.59 Å². The second-order valence-electron chi connectivity index (χ2n) is 9.61. The highest BCUT2D eigenvalue weighted by Crippen LogP contribution is 2.44. The zero-order valence-electron chi connectivity index (χ0n) is 20.3. The Labute approximate surface area is 201 Å². The van der Waals surface area contributed by atoms with Gasteiger partial charge in [-0.1, -0.05) is 38.8 Å². The van der Waals surface area contributed by atoms with E-state index in [1.54, 1.807) is 30.2 Å². The number of carbonyl (C=O) groups is 2. The Hall–Kier alpha value is -3.28. The van der Waals surface area contributed by atoms with E-state index in [9.17, 15) is 14.7 Å². The number of nitrogens with zero attached hydrogens (tertiary/aromatic N) is 1. The molecule has 0 bridgehead atoms. The van der Waals surface area contributed by atoms with E-state index >= 15 is 0 Å². The summed E-state index contributed by atoms with van der Waals surface area (Å²) in [5.74, 6) is 0.412. The van der Waals surface area contributed by atoms with Crippen LogP contribution in [0, 0.1) is 12.8 Å². The molecular weight excluding hydrogens is 430 g/mol. The Morgan fingerprint density at radius 1 is 1.12 bits per heavy atom. The molecule has 6 nitrogen and oxygen atoms in total. The predicted octanol–water partition coefficient (Wildman–Crippen LogP) is 5.40. The van der Waals surface area contributed by atoms with E-state index < -0.39 is 17.7 Å². The molecule has 4 rings (SSSR count). The maximum Gasteiger partial charge on any atom is 0.295 e. The van der Waals surface area contributed by atoms with Gasteiger partial charge in [0.05, 0.1) is 25.3 Å². The van der Waals surface area contributed by atoms with E-state index in [0.29, 0.717) is 23.8 Å². The molecule has 1 aliphatic heterocycles. The Kier molecular flexibility index (Phi) is 6.96. The highest BCUT2D eigenvalue weighted by Gasteiger charge is 2.49. The molecule has 34 heavy (non-hydrogen) atoms. The van der Waals surface area contributed by atoms with Crippen molar-refractivity contribution in [2.24, 2.45) is 5.92 Å². The van der Waals surface area contributed by atoms with Crippen LogP contribution >= 0.6 is 0 Å². The number of aryl methyl sites for hydroxylation is 1. The molecule has 0 radical (unpaired) electrons. The number of ether oxygens (including phenoxy) is 2. The van der Waals surface area contributed by atoms with E-state index in [1.807, 2.05) is 31.2 Å². The van der Waals surface area contributed by atoms with Crippen molar-refractivity contribution >= 4 is 17.4 Å². The molecule has 1 saturated carbocycles. The minimum Gasteiger partial charge on any atom is -0.507 e. The molecule has 1 heterocycles. The first-order valence-corrected chi connectivity index (χ1v) is 12.0. The summed E-state index contributed by atoms with van der Waals surface area (Å²) in [6.45, 7) is 6.66. The largest absolute Gasteiger partial charge is 0.507 e. The van der Waals surface area contributed by atoms with Crippen LogP contribution in [-0.4, -0.2) is 41.5 Å². The van der Waals surface area contributed by atoms with E-state index in [2.05, 4.69) is 13.8 Å². The van der Waals surface area contributed by atoms with Gasteiger partial charge >= 0.3 is 0 Å². The van der Waals surface area contributed by atoms with E-state index in [-0.39, 0.29) is 17.4 Å². The van der Waals surface area contributed by atoms with Gasteiger partial charge in [-0.15, -0.1) is 0 Å². The number of amides is 1. The summed E-state index contributed by atoms with van der Waals surface area (Å²) in [7, 11) is 1.58. The Morgan fingerprint density at radius 3 is 2.50 bits per heavy atom. The Balaban J connectivity index is 1.80. The van der Waals surface area contributed by atoms with Crippen LogP contribution in [0.3, 0.4) is 0 Å². The lowest BCUT2D eigenvalue weighted by Crippen LogP contribution is -2.37. The van der Waals surface area contributed by atoms with Crippen LogP contribution in [0.15, 0.2) is 48.0 Å². The number of likely N-dealkylation sites (tertiary alicyclic amines) is 1. The molecule has 0 aromatic heterocycles. The highest BCUT2D eigenvalue weighted by molar-refractivity contribution is 6.46. The number of ketones is 1. The van der Waals surface area contributed by atoms with Crippen LogP contribution < -0.4 is 9.47 Å². The lowest BCUT2D eigenvalue weighted by atomic mass is 9.94. The second-order valence-corrected chi connectivity index (χ2v) is 9.61. The maximum atomic E-state index is 13.3. The summed E-state index contributed by atoms with van der Waals surface area (Å²) in [6, 6.07) is 12.0. The normalized spacial score (nSPS) is 20.4. The number of aliphatic hydroxyl groups is 1. The molecule has 1 N–H and O–H groups in total. The monoisotopic (exact) mass is 463 g/mol. The number of Topliss-reactive ketones (excluding diaryl/α,β-unsaturated/α-hetero) is 1. The van der Waals surface area contributed by atoms with Gasteiger partial charge in [-0.25, -0.2) is 0 Å². The molecule has 1 aliphatic carbocycles. The first-order chi connectivity index (χ1) is 16.3. The summed E-state index contributed by atoms with van der Waals surface area (Å²) >= 11 is 0. The second kappa shape index (κ2) is 9.92. The minimum atomic E-state index is -0.657. The number of hydrogen-bond acceptors (Lipinski definition) is 5. The first kappa shape index (κ1) is 23.9. The Morgan fingerprint density at radius 2 is 1.85 bits per heavy atom. The molecule has 1 saturated heterocycles. The zero-order chi connectivity index (χ0) is 24.4. The molecule has 2 fully saturated rings. The fraction of sp³-hybridized carbons (Fsp3) is 0.429. The van der Waals surface area contributed by atoms with Gasteiger partial charge in [0.1, 0.15) is 17.3 Å². The van der Waals surface area contributed by atoms with Crippen molar-refractivity contribution in [1.29, 1.82) is 0 Å². The van der Waals surface area contributed by atoms with Gasteiger partial charge in [0.25, 0.3) is 11.7 Å². The lowest BCUT2D eigenvalue weighted by molar-refractivity contribution is -0.141. The molecule has 0 spiro atoms. The Bertz CT molecular complexity index is 1110. The summed E-state index contributed by atoms with van der Waals surface area (Å²) < 4.78 is 11.3. The molecule has 1 amide bonds. The van der Waals surface area contributed by atoms with Crippen LogP contribution in [0.2, 0.25) is 0 Å². The molecule has 2 aromatic rings. The summed E-state index contributed by atoms with van der Waals surface area (Å²) in [6.07, 6.45) is 3.76. The van der Waals surface area contributed by atoms with Crippen LogP contribution in [0.5, 0.6) is 11.5 Å². The summed E-state index contributed by atoms with van der Waals surface area (Å²) in [4.78, 5) is 28.2. The summed E-state index contributed by atoms with van der Waals surface area (Å²) in [5.41, 5.74) is 2.22. The van der Waals surface area contributed by atoms with Gasteiger partial charge in [-0.05, 0) is 67.1 Å². The molecule has 2 aromatic carbocycles. The van der Waals surface area contributed by atoms with E-state index in [4.69, 9.17) is 9.47 Å². The van der Waals surface area contributed by atoms with Crippen LogP contribution in [0.4, 0.5) is 0 Å². The number of hydrogen-bond donors (Lipinski definition) is 1. The van der Waals surface area contributed by atoms with Crippen molar-refractivity contribution in [3.05, 3.63) is 64.7 Å². The van der Waals surface area contributed by atoms with Crippen molar-refractivity contribution in [1.82, 2.24) is 4.90 Å². The van der Waals surface area contributed by atoms with Crippen LogP contribution in [0.25, 0.3) is 5.76 Å². The molecule has 6 heteroatoms. The third-order valence-corrected chi connectivity index (χ3v) is 6.63. The van der Waals surface area contributed by atoms with Gasteiger partial charge < -0.3 is 19.5 Å². The predicted molar refractivity (Wildman–Crippen MR) is 131 cm³/mol. The molecule has 1 unspecified atom stereocenters. The molecule has 1 atom stereocenters. The molecular formula is C28H33NO5. The average molecular weight is 464 g/mol. The minimum absolute atomic E-state index is 0.0218. The summed E-state index contributed by atoms with van der Waals surface area (Å²) in [5, 5.41) is 11.4.